The van der Waals surface area contributed by atoms with E-state index in [2.05, 4.69) is 0 Å². The topological polar surface area (TPSA) is 46.6 Å². The number of esters is 1. The van der Waals surface area contributed by atoms with Crippen LogP contribution in [0.5, 0.6) is 0 Å². The van der Waals surface area contributed by atoms with Gasteiger partial charge in [0.15, 0.2) is 0 Å². The van der Waals surface area contributed by atoms with Gasteiger partial charge in [-0.2, -0.15) is 0 Å². The van der Waals surface area contributed by atoms with Gasteiger partial charge in [-0.25, -0.2) is 0 Å². The SMILES string of the molecule is COC(=O)C(C)CN(Cc1ccc(Cl)cc1)C(=O)c1cccc(Cl)c1. The van der Waals surface area contributed by atoms with Crippen LogP contribution in [0.15, 0.2) is 48.5 Å². The van der Waals surface area contributed by atoms with Gasteiger partial charge in [0.1, 0.15) is 0 Å². The molecule has 0 aliphatic heterocycles. The van der Waals surface area contributed by atoms with Crippen LogP contribution in [0, 0.1) is 5.92 Å². The van der Waals surface area contributed by atoms with E-state index in [1.165, 1.54) is 7.11 Å². The summed E-state index contributed by atoms with van der Waals surface area (Å²) in [7, 11) is 1.33. The molecule has 6 heteroatoms. The van der Waals surface area contributed by atoms with Gasteiger partial charge in [0.2, 0.25) is 0 Å². The molecule has 1 amide bonds. The highest BCUT2D eigenvalue weighted by Crippen LogP contribution is 2.17. The molecule has 1 atom stereocenters. The van der Waals surface area contributed by atoms with E-state index >= 15 is 0 Å². The van der Waals surface area contributed by atoms with E-state index in [9.17, 15) is 9.59 Å². The number of hydrogen-bond acceptors (Lipinski definition) is 3. The molecular formula is C19H19Cl2NO3. The third kappa shape index (κ3) is 5.48. The zero-order valence-corrected chi connectivity index (χ0v) is 15.6. The molecule has 1 unspecified atom stereocenters. The summed E-state index contributed by atoms with van der Waals surface area (Å²) >= 11 is 11.9. The van der Waals surface area contributed by atoms with Crippen molar-refractivity contribution in [3.05, 3.63) is 69.7 Å². The van der Waals surface area contributed by atoms with Crippen LogP contribution in [0.4, 0.5) is 0 Å². The van der Waals surface area contributed by atoms with Gasteiger partial charge in [-0.05, 0) is 35.9 Å². The van der Waals surface area contributed by atoms with E-state index in [1.54, 1.807) is 48.2 Å². The van der Waals surface area contributed by atoms with Gasteiger partial charge in [-0.3, -0.25) is 9.59 Å². The third-order valence-electron chi connectivity index (χ3n) is 3.74. The highest BCUT2D eigenvalue weighted by atomic mass is 35.5. The maximum absolute atomic E-state index is 12.9. The molecule has 0 saturated carbocycles. The highest BCUT2D eigenvalue weighted by Gasteiger charge is 2.23. The fourth-order valence-electron chi connectivity index (χ4n) is 2.44. The van der Waals surface area contributed by atoms with Gasteiger partial charge in [0, 0.05) is 28.7 Å². The number of hydrogen-bond donors (Lipinski definition) is 0. The Labute approximate surface area is 157 Å². The molecule has 0 bridgehead atoms. The molecule has 2 rings (SSSR count). The average Bonchev–Trinajstić information content (AvgIpc) is 2.61. The second kappa shape index (κ2) is 8.88. The van der Waals surface area contributed by atoms with Crippen LogP contribution < -0.4 is 0 Å². The normalized spacial score (nSPS) is 11.7. The molecule has 0 spiro atoms. The summed E-state index contributed by atoms with van der Waals surface area (Å²) in [5.74, 6) is -1.01. The molecule has 132 valence electrons. The summed E-state index contributed by atoms with van der Waals surface area (Å²) in [6, 6.07) is 14.0. The third-order valence-corrected chi connectivity index (χ3v) is 4.23. The van der Waals surface area contributed by atoms with Crippen LogP contribution in [-0.2, 0) is 16.1 Å². The van der Waals surface area contributed by atoms with E-state index in [-0.39, 0.29) is 18.4 Å². The lowest BCUT2D eigenvalue weighted by Gasteiger charge is -2.25. The molecule has 0 aliphatic rings. The standard InChI is InChI=1S/C19H19Cl2NO3/c1-13(19(24)25-2)11-22(12-14-6-8-16(20)9-7-14)18(23)15-4-3-5-17(21)10-15/h3-10,13H,11-12H2,1-2H3. The average molecular weight is 380 g/mol. The summed E-state index contributed by atoms with van der Waals surface area (Å²) < 4.78 is 4.77. The van der Waals surface area contributed by atoms with Gasteiger partial charge in [-0.15, -0.1) is 0 Å². The Morgan fingerprint density at radius 3 is 2.36 bits per heavy atom. The summed E-state index contributed by atoms with van der Waals surface area (Å²) in [6.07, 6.45) is 0. The molecule has 0 aliphatic carbocycles. The molecule has 0 heterocycles. The minimum atomic E-state index is -0.444. The maximum atomic E-state index is 12.9. The van der Waals surface area contributed by atoms with E-state index in [4.69, 9.17) is 27.9 Å². The lowest BCUT2D eigenvalue weighted by atomic mass is 10.1. The van der Waals surface area contributed by atoms with Crippen molar-refractivity contribution in [2.75, 3.05) is 13.7 Å². The van der Waals surface area contributed by atoms with Crippen LogP contribution in [0.25, 0.3) is 0 Å². The van der Waals surface area contributed by atoms with Gasteiger partial charge in [0.05, 0.1) is 13.0 Å². The van der Waals surface area contributed by atoms with Crippen molar-refractivity contribution in [1.29, 1.82) is 0 Å². The molecule has 0 saturated heterocycles. The first-order valence-corrected chi connectivity index (χ1v) is 8.53. The quantitative estimate of drug-likeness (QED) is 0.696. The van der Waals surface area contributed by atoms with E-state index in [0.717, 1.165) is 5.56 Å². The lowest BCUT2D eigenvalue weighted by Crippen LogP contribution is -2.36. The Kier molecular flexibility index (Phi) is 6.85. The number of carbonyl (C=O) groups excluding carboxylic acids is 2. The van der Waals surface area contributed by atoms with Crippen molar-refractivity contribution >= 4 is 35.1 Å². The Morgan fingerprint density at radius 1 is 1.08 bits per heavy atom. The van der Waals surface area contributed by atoms with Crippen LogP contribution in [0.2, 0.25) is 10.0 Å². The van der Waals surface area contributed by atoms with Crippen LogP contribution in [0.1, 0.15) is 22.8 Å². The predicted molar refractivity (Wildman–Crippen MR) is 98.8 cm³/mol. The molecule has 0 N–H and O–H groups in total. The van der Waals surface area contributed by atoms with Crippen molar-refractivity contribution in [3.63, 3.8) is 0 Å². The van der Waals surface area contributed by atoms with Crippen LogP contribution in [-0.4, -0.2) is 30.4 Å². The van der Waals surface area contributed by atoms with E-state index in [1.807, 2.05) is 12.1 Å². The number of carbonyl (C=O) groups is 2. The second-order valence-electron chi connectivity index (χ2n) is 5.75. The highest BCUT2D eigenvalue weighted by molar-refractivity contribution is 6.31. The number of rotatable bonds is 6. The number of nitrogens with zero attached hydrogens (tertiary/aromatic N) is 1. The number of benzene rings is 2. The molecule has 4 nitrogen and oxygen atoms in total. The van der Waals surface area contributed by atoms with Crippen molar-refractivity contribution < 1.29 is 14.3 Å². The Morgan fingerprint density at radius 2 is 1.76 bits per heavy atom. The molecule has 0 radical (unpaired) electrons. The fourth-order valence-corrected chi connectivity index (χ4v) is 2.76. The Balaban J connectivity index is 2.25. The molecule has 25 heavy (non-hydrogen) atoms. The van der Waals surface area contributed by atoms with Crippen molar-refractivity contribution in [1.82, 2.24) is 4.90 Å². The zero-order valence-electron chi connectivity index (χ0n) is 14.0. The fraction of sp³-hybridized carbons (Fsp3) is 0.263. The maximum Gasteiger partial charge on any atom is 0.310 e. The van der Waals surface area contributed by atoms with Gasteiger partial charge < -0.3 is 9.64 Å². The molecular weight excluding hydrogens is 361 g/mol. The lowest BCUT2D eigenvalue weighted by molar-refractivity contribution is -0.145. The molecule has 0 fully saturated rings. The van der Waals surface area contributed by atoms with Crippen molar-refractivity contribution in [2.24, 2.45) is 5.92 Å². The molecule has 2 aromatic rings. The number of methoxy groups -OCH3 is 1. The second-order valence-corrected chi connectivity index (χ2v) is 6.62. The van der Waals surface area contributed by atoms with Crippen molar-refractivity contribution in [2.45, 2.75) is 13.5 Å². The first-order valence-electron chi connectivity index (χ1n) is 7.78. The Bertz CT molecular complexity index is 747. The smallest absolute Gasteiger partial charge is 0.310 e. The molecule has 0 aromatic heterocycles. The molecule has 2 aromatic carbocycles. The van der Waals surface area contributed by atoms with Crippen molar-refractivity contribution in [3.8, 4) is 0 Å². The number of ether oxygens (including phenoxy) is 1. The minimum Gasteiger partial charge on any atom is -0.469 e. The summed E-state index contributed by atoms with van der Waals surface area (Å²) in [6.45, 7) is 2.32. The minimum absolute atomic E-state index is 0.201. The first-order chi connectivity index (χ1) is 11.9. The summed E-state index contributed by atoms with van der Waals surface area (Å²) in [4.78, 5) is 26.3. The largest absolute Gasteiger partial charge is 0.469 e. The predicted octanol–water partition coefficient (Wildman–Crippen LogP) is 4.44. The first kappa shape index (κ1) is 19.3. The van der Waals surface area contributed by atoms with Crippen LogP contribution >= 0.6 is 23.2 Å². The summed E-state index contributed by atoms with van der Waals surface area (Å²) in [5.41, 5.74) is 1.38. The van der Waals surface area contributed by atoms with E-state index in [0.29, 0.717) is 22.2 Å². The van der Waals surface area contributed by atoms with E-state index < -0.39 is 5.92 Å². The number of halogens is 2. The van der Waals surface area contributed by atoms with Gasteiger partial charge in [0.25, 0.3) is 5.91 Å². The summed E-state index contributed by atoms with van der Waals surface area (Å²) in [5, 5.41) is 1.11. The Hall–Kier alpha value is -2.04. The van der Waals surface area contributed by atoms with Crippen LogP contribution in [0.3, 0.4) is 0 Å². The monoisotopic (exact) mass is 379 g/mol. The van der Waals surface area contributed by atoms with Gasteiger partial charge >= 0.3 is 5.97 Å². The zero-order chi connectivity index (χ0) is 18.4. The van der Waals surface area contributed by atoms with Gasteiger partial charge in [-0.1, -0.05) is 48.3 Å². The number of amides is 1.